The van der Waals surface area contributed by atoms with Gasteiger partial charge in [0.25, 0.3) is 0 Å². The topological polar surface area (TPSA) is 57.0 Å². The lowest BCUT2D eigenvalue weighted by Gasteiger charge is -2.24. The minimum Gasteiger partial charge on any atom is -0.460 e. The fourth-order valence-electron chi connectivity index (χ4n) is 1.46. The number of carbonyl (C=O) groups excluding carboxylic acids is 1. The van der Waals surface area contributed by atoms with Gasteiger partial charge in [0.1, 0.15) is 5.82 Å². The molecule has 17 heavy (non-hydrogen) atoms. The van der Waals surface area contributed by atoms with Gasteiger partial charge in [-0.3, -0.25) is 0 Å². The van der Waals surface area contributed by atoms with Crippen LogP contribution in [0.25, 0.3) is 0 Å². The molecule has 96 valence electrons. The van der Waals surface area contributed by atoms with Crippen LogP contribution in [0.4, 0.5) is 0 Å². The number of nitrogens with zero attached hydrogens (tertiary/aromatic N) is 3. The third kappa shape index (κ3) is 3.28. The van der Waals surface area contributed by atoms with Gasteiger partial charge >= 0.3 is 5.97 Å². The zero-order valence-corrected chi connectivity index (χ0v) is 11.3. The van der Waals surface area contributed by atoms with E-state index in [1.165, 1.54) is 0 Å². The molecule has 0 saturated heterocycles. The predicted octanol–water partition coefficient (Wildman–Crippen LogP) is 2.20. The molecule has 0 N–H and O–H groups in total. The number of ether oxygens (including phenoxy) is 1. The van der Waals surface area contributed by atoms with Crippen molar-refractivity contribution >= 4 is 5.97 Å². The second-order valence-corrected chi connectivity index (χ2v) is 4.90. The fourth-order valence-corrected chi connectivity index (χ4v) is 1.46. The maximum absolute atomic E-state index is 11.7. The second kappa shape index (κ2) is 5.29. The first-order valence-electron chi connectivity index (χ1n) is 5.98. The van der Waals surface area contributed by atoms with Crippen molar-refractivity contribution in [2.75, 3.05) is 6.61 Å². The SMILES string of the molecule is CCOC(=O)c1nnc(C)n1CC(C)(C)CC. The lowest BCUT2D eigenvalue weighted by Crippen LogP contribution is -2.23. The van der Waals surface area contributed by atoms with Crippen molar-refractivity contribution in [2.24, 2.45) is 5.41 Å². The highest BCUT2D eigenvalue weighted by molar-refractivity contribution is 5.85. The van der Waals surface area contributed by atoms with Gasteiger partial charge in [0.05, 0.1) is 6.61 Å². The van der Waals surface area contributed by atoms with Gasteiger partial charge in [0.15, 0.2) is 0 Å². The van der Waals surface area contributed by atoms with E-state index in [4.69, 9.17) is 4.74 Å². The molecule has 0 aliphatic carbocycles. The Morgan fingerprint density at radius 3 is 2.53 bits per heavy atom. The summed E-state index contributed by atoms with van der Waals surface area (Å²) in [7, 11) is 0. The first kappa shape index (κ1) is 13.7. The van der Waals surface area contributed by atoms with Crippen LogP contribution in [0.1, 0.15) is 50.6 Å². The molecule has 0 atom stereocenters. The Labute approximate surface area is 102 Å². The minimum absolute atomic E-state index is 0.106. The highest BCUT2D eigenvalue weighted by Gasteiger charge is 2.23. The van der Waals surface area contributed by atoms with E-state index >= 15 is 0 Å². The highest BCUT2D eigenvalue weighted by Crippen LogP contribution is 2.23. The number of rotatable bonds is 5. The van der Waals surface area contributed by atoms with Gasteiger partial charge < -0.3 is 9.30 Å². The number of hydrogen-bond acceptors (Lipinski definition) is 4. The van der Waals surface area contributed by atoms with Crippen molar-refractivity contribution in [1.29, 1.82) is 0 Å². The van der Waals surface area contributed by atoms with Crippen LogP contribution in [0, 0.1) is 12.3 Å². The summed E-state index contributed by atoms with van der Waals surface area (Å²) in [5, 5.41) is 7.84. The van der Waals surface area contributed by atoms with Crippen molar-refractivity contribution < 1.29 is 9.53 Å². The number of aromatic nitrogens is 3. The van der Waals surface area contributed by atoms with Crippen LogP contribution in [0.15, 0.2) is 0 Å². The zero-order valence-electron chi connectivity index (χ0n) is 11.3. The Morgan fingerprint density at radius 2 is 2.00 bits per heavy atom. The summed E-state index contributed by atoms with van der Waals surface area (Å²) >= 11 is 0. The molecule has 0 radical (unpaired) electrons. The molecule has 0 fully saturated rings. The van der Waals surface area contributed by atoms with Crippen LogP contribution in [0.5, 0.6) is 0 Å². The summed E-state index contributed by atoms with van der Waals surface area (Å²) in [6, 6.07) is 0. The normalized spacial score (nSPS) is 11.6. The molecule has 5 nitrogen and oxygen atoms in total. The Balaban J connectivity index is 2.98. The molecule has 0 bridgehead atoms. The predicted molar refractivity (Wildman–Crippen MR) is 64.8 cm³/mol. The van der Waals surface area contributed by atoms with E-state index < -0.39 is 5.97 Å². The van der Waals surface area contributed by atoms with Crippen molar-refractivity contribution in [3.63, 3.8) is 0 Å². The monoisotopic (exact) mass is 239 g/mol. The van der Waals surface area contributed by atoms with E-state index in [0.717, 1.165) is 18.8 Å². The minimum atomic E-state index is -0.403. The number of hydrogen-bond donors (Lipinski definition) is 0. The van der Waals surface area contributed by atoms with E-state index in [2.05, 4.69) is 31.0 Å². The molecule has 1 aromatic heterocycles. The van der Waals surface area contributed by atoms with Crippen LogP contribution >= 0.6 is 0 Å². The van der Waals surface area contributed by atoms with Crippen LogP contribution < -0.4 is 0 Å². The zero-order chi connectivity index (χ0) is 13.1. The lowest BCUT2D eigenvalue weighted by molar-refractivity contribution is 0.0502. The molecule has 0 spiro atoms. The third-order valence-corrected chi connectivity index (χ3v) is 2.94. The van der Waals surface area contributed by atoms with Crippen molar-refractivity contribution in [3.05, 3.63) is 11.6 Å². The van der Waals surface area contributed by atoms with Gasteiger partial charge in [-0.15, -0.1) is 10.2 Å². The second-order valence-electron chi connectivity index (χ2n) is 4.90. The average molecular weight is 239 g/mol. The highest BCUT2D eigenvalue weighted by atomic mass is 16.5. The molecule has 0 saturated carbocycles. The van der Waals surface area contributed by atoms with Gasteiger partial charge in [-0.25, -0.2) is 4.79 Å². The van der Waals surface area contributed by atoms with Crippen LogP contribution in [0.3, 0.4) is 0 Å². The van der Waals surface area contributed by atoms with Crippen molar-refractivity contribution in [1.82, 2.24) is 14.8 Å². The molecule has 0 amide bonds. The number of aryl methyl sites for hydroxylation is 1. The molecule has 1 rings (SSSR count). The molecule has 0 aliphatic heterocycles. The summed E-state index contributed by atoms with van der Waals surface area (Å²) in [6.07, 6.45) is 1.02. The van der Waals surface area contributed by atoms with E-state index in [1.807, 2.05) is 11.5 Å². The summed E-state index contributed by atoms with van der Waals surface area (Å²) in [6.45, 7) is 11.1. The molecular weight excluding hydrogens is 218 g/mol. The first-order valence-corrected chi connectivity index (χ1v) is 5.98. The molecule has 0 unspecified atom stereocenters. The molecule has 0 aromatic carbocycles. The summed E-state index contributed by atoms with van der Waals surface area (Å²) < 4.78 is 6.80. The molecular formula is C12H21N3O2. The van der Waals surface area contributed by atoms with Gasteiger partial charge in [0.2, 0.25) is 5.82 Å². The first-order chi connectivity index (χ1) is 7.91. The van der Waals surface area contributed by atoms with Crippen molar-refractivity contribution in [2.45, 2.75) is 47.6 Å². The third-order valence-electron chi connectivity index (χ3n) is 2.94. The summed E-state index contributed by atoms with van der Waals surface area (Å²) in [5.74, 6) is 0.639. The number of esters is 1. The summed E-state index contributed by atoms with van der Waals surface area (Å²) in [4.78, 5) is 11.7. The largest absolute Gasteiger partial charge is 0.460 e. The van der Waals surface area contributed by atoms with Crippen molar-refractivity contribution in [3.8, 4) is 0 Å². The van der Waals surface area contributed by atoms with Gasteiger partial charge in [-0.1, -0.05) is 20.8 Å². The quantitative estimate of drug-likeness (QED) is 0.739. The Bertz CT molecular complexity index is 396. The smallest absolute Gasteiger partial charge is 0.376 e. The Kier molecular flexibility index (Phi) is 4.26. The van der Waals surface area contributed by atoms with Crippen LogP contribution in [-0.4, -0.2) is 27.3 Å². The van der Waals surface area contributed by atoms with E-state index in [-0.39, 0.29) is 5.41 Å². The average Bonchev–Trinajstić information content (AvgIpc) is 2.61. The Hall–Kier alpha value is -1.39. The van der Waals surface area contributed by atoms with Crippen LogP contribution in [0.2, 0.25) is 0 Å². The summed E-state index contributed by atoms with van der Waals surface area (Å²) in [5.41, 5.74) is 0.106. The standard InChI is InChI=1S/C12H21N3O2/c1-6-12(4,5)8-15-9(3)13-14-10(15)11(16)17-7-2/h6-8H2,1-5H3. The van der Waals surface area contributed by atoms with E-state index in [9.17, 15) is 4.79 Å². The maximum Gasteiger partial charge on any atom is 0.376 e. The van der Waals surface area contributed by atoms with Crippen LogP contribution in [-0.2, 0) is 11.3 Å². The van der Waals surface area contributed by atoms with Gasteiger partial charge in [0, 0.05) is 6.54 Å². The van der Waals surface area contributed by atoms with E-state index in [0.29, 0.717) is 12.4 Å². The molecule has 1 heterocycles. The maximum atomic E-state index is 11.7. The lowest BCUT2D eigenvalue weighted by atomic mass is 9.90. The fraction of sp³-hybridized carbons (Fsp3) is 0.750. The van der Waals surface area contributed by atoms with E-state index in [1.54, 1.807) is 6.92 Å². The Morgan fingerprint density at radius 1 is 1.35 bits per heavy atom. The van der Waals surface area contributed by atoms with Gasteiger partial charge in [-0.05, 0) is 25.7 Å². The number of carbonyl (C=O) groups is 1. The molecule has 0 aliphatic rings. The van der Waals surface area contributed by atoms with Gasteiger partial charge in [-0.2, -0.15) is 0 Å². The molecule has 1 aromatic rings. The molecule has 5 heteroatoms.